The Hall–Kier alpha value is -3.32. The first kappa shape index (κ1) is 20.9. The molecule has 3 N–H and O–H groups in total. The van der Waals surface area contributed by atoms with Crippen molar-refractivity contribution in [3.8, 4) is 22.9 Å². The molecule has 1 aromatic heterocycles. The molecule has 0 fully saturated rings. The van der Waals surface area contributed by atoms with Gasteiger partial charge in [0, 0.05) is 48.9 Å². The third kappa shape index (κ3) is 4.72. The number of H-pyrrole nitrogens is 1. The Bertz CT molecular complexity index is 1110. The van der Waals surface area contributed by atoms with Crippen molar-refractivity contribution >= 4 is 5.69 Å². The molecule has 0 saturated heterocycles. The highest BCUT2D eigenvalue weighted by atomic mass is 16.5. The van der Waals surface area contributed by atoms with Gasteiger partial charge in [-0.15, -0.1) is 0 Å². The minimum absolute atomic E-state index is 0.0850. The topological polar surface area (TPSA) is 93.5 Å². The minimum Gasteiger partial charge on any atom is -0.494 e. The third-order valence-corrected chi connectivity index (χ3v) is 5.38. The number of hydrogen-bond acceptors (Lipinski definition) is 6. The molecule has 4 rings (SSSR count). The summed E-state index contributed by atoms with van der Waals surface area (Å²) in [6, 6.07) is 13.3. The molecule has 0 bridgehead atoms. The zero-order valence-electron chi connectivity index (χ0n) is 18.0. The van der Waals surface area contributed by atoms with E-state index in [4.69, 9.17) is 20.2 Å². The number of aromatic amines is 1. The van der Waals surface area contributed by atoms with Gasteiger partial charge in [-0.3, -0.25) is 9.69 Å². The largest absolute Gasteiger partial charge is 0.494 e. The molecular formula is C24H28N4O3. The molecule has 0 spiro atoms. The maximum atomic E-state index is 12.8. The molecule has 3 aromatic rings. The number of nitrogens with two attached hydrogens (primary N) is 1. The lowest BCUT2D eigenvalue weighted by Crippen LogP contribution is -2.35. The SMILES string of the molecule is CCOc1ccc(CN2CCc3nc(-c4ccc(N)cc4)[nH]c(=O)c3C2)c(OCC)c1. The summed E-state index contributed by atoms with van der Waals surface area (Å²) < 4.78 is 11.4. The predicted octanol–water partition coefficient (Wildman–Crippen LogP) is 3.37. The molecule has 0 saturated carbocycles. The molecule has 0 atom stereocenters. The van der Waals surface area contributed by atoms with Crippen LogP contribution in [0.5, 0.6) is 11.5 Å². The lowest BCUT2D eigenvalue weighted by Gasteiger charge is -2.28. The fourth-order valence-corrected chi connectivity index (χ4v) is 3.85. The van der Waals surface area contributed by atoms with Crippen LogP contribution in [0.3, 0.4) is 0 Å². The van der Waals surface area contributed by atoms with Gasteiger partial charge in [-0.05, 0) is 44.2 Å². The fourth-order valence-electron chi connectivity index (χ4n) is 3.85. The molecular weight excluding hydrogens is 392 g/mol. The molecule has 31 heavy (non-hydrogen) atoms. The highest BCUT2D eigenvalue weighted by Crippen LogP contribution is 2.28. The van der Waals surface area contributed by atoms with Crippen molar-refractivity contribution < 1.29 is 9.47 Å². The van der Waals surface area contributed by atoms with Crippen LogP contribution in [0.4, 0.5) is 5.69 Å². The number of hydrogen-bond donors (Lipinski definition) is 2. The molecule has 1 aliphatic heterocycles. The van der Waals surface area contributed by atoms with Gasteiger partial charge in [0.1, 0.15) is 17.3 Å². The summed E-state index contributed by atoms with van der Waals surface area (Å²) in [5.41, 5.74) is 9.89. The number of rotatable bonds is 7. The number of anilines is 1. The normalized spacial score (nSPS) is 13.6. The second kappa shape index (κ2) is 9.22. The van der Waals surface area contributed by atoms with Crippen LogP contribution in [-0.2, 0) is 19.5 Å². The number of nitrogen functional groups attached to an aromatic ring is 1. The highest BCUT2D eigenvalue weighted by molar-refractivity contribution is 5.58. The summed E-state index contributed by atoms with van der Waals surface area (Å²) in [5, 5.41) is 0. The van der Waals surface area contributed by atoms with Crippen LogP contribution in [0.2, 0.25) is 0 Å². The van der Waals surface area contributed by atoms with Gasteiger partial charge in [0.2, 0.25) is 0 Å². The summed E-state index contributed by atoms with van der Waals surface area (Å²) in [6.45, 7) is 7.20. The van der Waals surface area contributed by atoms with E-state index in [2.05, 4.69) is 9.88 Å². The van der Waals surface area contributed by atoms with Crippen molar-refractivity contribution in [2.24, 2.45) is 0 Å². The smallest absolute Gasteiger partial charge is 0.255 e. The van der Waals surface area contributed by atoms with Gasteiger partial charge in [0.25, 0.3) is 5.56 Å². The Labute approximate surface area is 181 Å². The van der Waals surface area contributed by atoms with E-state index in [9.17, 15) is 4.79 Å². The Morgan fingerprint density at radius 2 is 1.87 bits per heavy atom. The average molecular weight is 421 g/mol. The van der Waals surface area contributed by atoms with E-state index in [-0.39, 0.29) is 5.56 Å². The predicted molar refractivity (Wildman–Crippen MR) is 121 cm³/mol. The monoisotopic (exact) mass is 420 g/mol. The second-order valence-corrected chi connectivity index (χ2v) is 7.56. The Kier molecular flexibility index (Phi) is 6.23. The summed E-state index contributed by atoms with van der Waals surface area (Å²) in [5.74, 6) is 2.21. The van der Waals surface area contributed by atoms with Gasteiger partial charge >= 0.3 is 0 Å². The first-order valence-electron chi connectivity index (χ1n) is 10.7. The molecule has 162 valence electrons. The van der Waals surface area contributed by atoms with Gasteiger partial charge in [0.05, 0.1) is 24.5 Å². The first-order chi connectivity index (χ1) is 15.1. The summed E-state index contributed by atoms with van der Waals surface area (Å²) >= 11 is 0. The van der Waals surface area contributed by atoms with Crippen molar-refractivity contribution in [1.82, 2.24) is 14.9 Å². The number of nitrogens with zero attached hydrogens (tertiary/aromatic N) is 2. The molecule has 2 aromatic carbocycles. The quantitative estimate of drug-likeness (QED) is 0.569. The van der Waals surface area contributed by atoms with Crippen LogP contribution in [0.15, 0.2) is 47.3 Å². The van der Waals surface area contributed by atoms with E-state index >= 15 is 0 Å². The van der Waals surface area contributed by atoms with Crippen LogP contribution in [-0.4, -0.2) is 34.6 Å². The lowest BCUT2D eigenvalue weighted by molar-refractivity contribution is 0.235. The standard InChI is InChI=1S/C24H28N4O3/c1-3-30-19-10-7-17(22(13-19)31-4-2)14-28-12-11-21-20(15-28)24(29)27-23(26-21)16-5-8-18(25)9-6-16/h5-10,13H,3-4,11-12,14-15,25H2,1-2H3,(H,26,27,29). The van der Waals surface area contributed by atoms with E-state index < -0.39 is 0 Å². The van der Waals surface area contributed by atoms with Crippen LogP contribution in [0, 0.1) is 0 Å². The Morgan fingerprint density at radius 1 is 1.10 bits per heavy atom. The summed E-state index contributed by atoms with van der Waals surface area (Å²) in [6.07, 6.45) is 0.724. The van der Waals surface area contributed by atoms with E-state index in [1.165, 1.54) is 0 Å². The molecule has 0 radical (unpaired) electrons. The number of ether oxygens (including phenoxy) is 2. The van der Waals surface area contributed by atoms with Crippen molar-refractivity contribution in [1.29, 1.82) is 0 Å². The van der Waals surface area contributed by atoms with Crippen molar-refractivity contribution in [2.75, 3.05) is 25.5 Å². The van der Waals surface area contributed by atoms with E-state index in [0.29, 0.717) is 37.8 Å². The number of fused-ring (bicyclic) bond motifs is 1. The van der Waals surface area contributed by atoms with Crippen molar-refractivity contribution in [2.45, 2.75) is 33.4 Å². The van der Waals surface area contributed by atoms with Gasteiger partial charge in [-0.1, -0.05) is 6.07 Å². The fraction of sp³-hybridized carbons (Fsp3) is 0.333. The molecule has 2 heterocycles. The summed E-state index contributed by atoms with van der Waals surface area (Å²) in [7, 11) is 0. The molecule has 7 nitrogen and oxygen atoms in total. The molecule has 0 amide bonds. The third-order valence-electron chi connectivity index (χ3n) is 5.38. The van der Waals surface area contributed by atoms with Gasteiger partial charge in [-0.25, -0.2) is 4.98 Å². The zero-order valence-corrected chi connectivity index (χ0v) is 18.0. The van der Waals surface area contributed by atoms with Crippen LogP contribution >= 0.6 is 0 Å². The van der Waals surface area contributed by atoms with Crippen LogP contribution in [0.25, 0.3) is 11.4 Å². The molecule has 1 aliphatic rings. The van der Waals surface area contributed by atoms with Crippen molar-refractivity contribution in [3.05, 3.63) is 69.6 Å². The average Bonchev–Trinajstić information content (AvgIpc) is 2.77. The number of nitrogens with one attached hydrogen (secondary N) is 1. The molecule has 7 heteroatoms. The number of aromatic nitrogens is 2. The van der Waals surface area contributed by atoms with Crippen LogP contribution in [0.1, 0.15) is 30.7 Å². The molecule has 0 aliphatic carbocycles. The first-order valence-corrected chi connectivity index (χ1v) is 10.7. The van der Waals surface area contributed by atoms with Crippen LogP contribution < -0.4 is 20.8 Å². The Balaban J connectivity index is 1.54. The Morgan fingerprint density at radius 3 is 2.61 bits per heavy atom. The van der Waals surface area contributed by atoms with E-state index in [1.54, 1.807) is 0 Å². The van der Waals surface area contributed by atoms with Gasteiger partial charge in [0.15, 0.2) is 0 Å². The maximum absolute atomic E-state index is 12.8. The van der Waals surface area contributed by atoms with Crippen molar-refractivity contribution in [3.63, 3.8) is 0 Å². The van der Waals surface area contributed by atoms with Gasteiger partial charge in [-0.2, -0.15) is 0 Å². The summed E-state index contributed by atoms with van der Waals surface area (Å²) in [4.78, 5) is 22.7. The second-order valence-electron chi connectivity index (χ2n) is 7.56. The molecule has 0 unspecified atom stereocenters. The maximum Gasteiger partial charge on any atom is 0.255 e. The lowest BCUT2D eigenvalue weighted by atomic mass is 10.0. The highest BCUT2D eigenvalue weighted by Gasteiger charge is 2.22. The minimum atomic E-state index is -0.0850. The van der Waals surface area contributed by atoms with Gasteiger partial charge < -0.3 is 20.2 Å². The van der Waals surface area contributed by atoms with E-state index in [0.717, 1.165) is 46.8 Å². The number of benzene rings is 2. The van der Waals surface area contributed by atoms with E-state index in [1.807, 2.05) is 56.3 Å². The zero-order chi connectivity index (χ0) is 21.8.